The van der Waals surface area contributed by atoms with Crippen LogP contribution in [0, 0.1) is 0 Å². The Hall–Kier alpha value is -1.92. The Morgan fingerprint density at radius 3 is 2.78 bits per heavy atom. The molecule has 6 heteroatoms. The molecule has 1 fully saturated rings. The van der Waals surface area contributed by atoms with Gasteiger partial charge in [-0.1, -0.05) is 54.3 Å². The number of benzene rings is 1. The lowest BCUT2D eigenvalue weighted by Gasteiger charge is -2.14. The summed E-state index contributed by atoms with van der Waals surface area (Å²) in [7, 11) is 0. The van der Waals surface area contributed by atoms with Crippen LogP contribution in [-0.2, 0) is 17.8 Å². The van der Waals surface area contributed by atoms with Crippen molar-refractivity contribution < 1.29 is 4.79 Å². The van der Waals surface area contributed by atoms with E-state index in [-0.39, 0.29) is 5.91 Å². The van der Waals surface area contributed by atoms with Crippen molar-refractivity contribution in [1.29, 1.82) is 0 Å². The minimum atomic E-state index is -0.0137. The van der Waals surface area contributed by atoms with Gasteiger partial charge in [0, 0.05) is 24.8 Å². The van der Waals surface area contributed by atoms with Crippen LogP contribution in [0.15, 0.2) is 47.6 Å². The van der Waals surface area contributed by atoms with Gasteiger partial charge in [-0.3, -0.25) is 14.4 Å². The predicted octanol–water partition coefficient (Wildman–Crippen LogP) is 3.35. The fraction of sp³-hybridized carbons (Fsp3) is 0.235. The molecule has 118 valence electrons. The number of nitrogens with zero attached hydrogens (tertiary/aromatic N) is 3. The zero-order valence-electron chi connectivity index (χ0n) is 12.8. The van der Waals surface area contributed by atoms with Gasteiger partial charge in [-0.25, -0.2) is 0 Å². The van der Waals surface area contributed by atoms with E-state index in [1.807, 2.05) is 42.1 Å². The third-order valence-electron chi connectivity index (χ3n) is 3.62. The van der Waals surface area contributed by atoms with Crippen molar-refractivity contribution >= 4 is 40.3 Å². The second kappa shape index (κ2) is 7.10. The number of amides is 1. The molecule has 0 aliphatic carbocycles. The molecule has 2 aromatic rings. The Kier molecular flexibility index (Phi) is 4.93. The Morgan fingerprint density at radius 1 is 1.30 bits per heavy atom. The Labute approximate surface area is 145 Å². The third kappa shape index (κ3) is 3.71. The maximum Gasteiger partial charge on any atom is 0.266 e. The summed E-state index contributed by atoms with van der Waals surface area (Å²) in [6.07, 6.45) is 6.35. The van der Waals surface area contributed by atoms with Crippen molar-refractivity contribution in [2.75, 3.05) is 6.54 Å². The molecule has 0 spiro atoms. The Bertz CT molecular complexity index is 752. The first kappa shape index (κ1) is 16.0. The summed E-state index contributed by atoms with van der Waals surface area (Å²) in [5, 5.41) is 4.22. The summed E-state index contributed by atoms with van der Waals surface area (Å²) in [6, 6.07) is 10.1. The van der Waals surface area contributed by atoms with Gasteiger partial charge < -0.3 is 0 Å². The minimum absolute atomic E-state index is 0.0137. The van der Waals surface area contributed by atoms with Gasteiger partial charge in [-0.15, -0.1) is 0 Å². The largest absolute Gasteiger partial charge is 0.293 e. The van der Waals surface area contributed by atoms with E-state index in [0.717, 1.165) is 18.5 Å². The first-order chi connectivity index (χ1) is 11.2. The SMILES string of the molecule is CCn1cc(C=C2SC(=S)N(CCc3ccccc3)C2=O)cn1. The van der Waals surface area contributed by atoms with E-state index in [4.69, 9.17) is 12.2 Å². The molecule has 2 heterocycles. The summed E-state index contributed by atoms with van der Waals surface area (Å²) < 4.78 is 2.46. The average Bonchev–Trinajstić information content (AvgIpc) is 3.12. The fourth-order valence-electron chi connectivity index (χ4n) is 2.36. The van der Waals surface area contributed by atoms with Crippen molar-refractivity contribution in [3.05, 3.63) is 58.8 Å². The van der Waals surface area contributed by atoms with Gasteiger partial charge in [0.25, 0.3) is 5.91 Å². The van der Waals surface area contributed by atoms with Crippen LogP contribution >= 0.6 is 24.0 Å². The molecule has 0 saturated carbocycles. The van der Waals surface area contributed by atoms with Gasteiger partial charge in [0.05, 0.1) is 11.1 Å². The van der Waals surface area contributed by atoms with Crippen LogP contribution in [0.3, 0.4) is 0 Å². The fourth-order valence-corrected chi connectivity index (χ4v) is 3.67. The monoisotopic (exact) mass is 343 g/mol. The van der Waals surface area contributed by atoms with Crippen LogP contribution < -0.4 is 0 Å². The quantitative estimate of drug-likeness (QED) is 0.616. The maximum absolute atomic E-state index is 12.5. The van der Waals surface area contributed by atoms with E-state index in [9.17, 15) is 4.79 Å². The molecule has 4 nitrogen and oxygen atoms in total. The summed E-state index contributed by atoms with van der Waals surface area (Å²) in [5.74, 6) is -0.0137. The standard InChI is InChI=1S/C17H17N3OS2/c1-2-19-12-14(11-18-19)10-15-16(21)20(17(22)23-15)9-8-13-6-4-3-5-7-13/h3-7,10-12H,2,8-9H2,1H3. The highest BCUT2D eigenvalue weighted by Crippen LogP contribution is 2.32. The number of thioether (sulfide) groups is 1. The number of carbonyl (C=O) groups is 1. The molecular formula is C17H17N3OS2. The average molecular weight is 343 g/mol. The van der Waals surface area contributed by atoms with Crippen LogP contribution in [0.25, 0.3) is 6.08 Å². The van der Waals surface area contributed by atoms with Crippen LogP contribution in [0.4, 0.5) is 0 Å². The summed E-state index contributed by atoms with van der Waals surface area (Å²) >= 11 is 6.72. The third-order valence-corrected chi connectivity index (χ3v) is 4.99. The molecule has 23 heavy (non-hydrogen) atoms. The normalized spacial score (nSPS) is 16.6. The smallest absolute Gasteiger partial charge is 0.266 e. The molecule has 0 radical (unpaired) electrons. The molecule has 1 aliphatic rings. The van der Waals surface area contributed by atoms with Crippen molar-refractivity contribution in [2.45, 2.75) is 19.9 Å². The second-order valence-corrected chi connectivity index (χ2v) is 6.87. The molecule has 0 unspecified atom stereocenters. The number of carbonyl (C=O) groups excluding carboxylic acids is 1. The van der Waals surface area contributed by atoms with Gasteiger partial charge in [-0.2, -0.15) is 5.10 Å². The lowest BCUT2D eigenvalue weighted by molar-refractivity contribution is -0.122. The molecular weight excluding hydrogens is 326 g/mol. The van der Waals surface area contributed by atoms with Crippen LogP contribution in [0.1, 0.15) is 18.1 Å². The predicted molar refractivity (Wildman–Crippen MR) is 97.9 cm³/mol. The first-order valence-corrected chi connectivity index (χ1v) is 8.71. The van der Waals surface area contributed by atoms with E-state index in [2.05, 4.69) is 17.2 Å². The Balaban J connectivity index is 1.69. The summed E-state index contributed by atoms with van der Waals surface area (Å²) in [6.45, 7) is 3.45. The first-order valence-electron chi connectivity index (χ1n) is 7.49. The number of rotatable bonds is 5. The van der Waals surface area contributed by atoms with Crippen molar-refractivity contribution in [3.63, 3.8) is 0 Å². The second-order valence-electron chi connectivity index (χ2n) is 5.20. The van der Waals surface area contributed by atoms with Crippen LogP contribution in [-0.4, -0.2) is 31.5 Å². The molecule has 1 aromatic carbocycles. The van der Waals surface area contributed by atoms with Crippen LogP contribution in [0.2, 0.25) is 0 Å². The number of aryl methyl sites for hydroxylation is 1. The summed E-state index contributed by atoms with van der Waals surface area (Å²) in [5.41, 5.74) is 2.13. The number of hydrogen-bond acceptors (Lipinski definition) is 4. The van der Waals surface area contributed by atoms with E-state index in [0.29, 0.717) is 15.8 Å². The molecule has 0 N–H and O–H groups in total. The van der Waals surface area contributed by atoms with E-state index >= 15 is 0 Å². The van der Waals surface area contributed by atoms with Crippen LogP contribution in [0.5, 0.6) is 0 Å². The zero-order chi connectivity index (χ0) is 16.2. The Morgan fingerprint density at radius 2 is 2.09 bits per heavy atom. The van der Waals surface area contributed by atoms with Gasteiger partial charge in [-0.05, 0) is 25.0 Å². The number of aromatic nitrogens is 2. The molecule has 1 amide bonds. The molecule has 3 rings (SSSR count). The van der Waals surface area contributed by atoms with E-state index in [1.165, 1.54) is 17.3 Å². The lowest BCUT2D eigenvalue weighted by Crippen LogP contribution is -2.30. The van der Waals surface area contributed by atoms with Crippen molar-refractivity contribution in [2.24, 2.45) is 0 Å². The number of thiocarbonyl (C=S) groups is 1. The molecule has 0 bridgehead atoms. The van der Waals surface area contributed by atoms with E-state index < -0.39 is 0 Å². The number of hydrogen-bond donors (Lipinski definition) is 0. The molecule has 1 aromatic heterocycles. The highest BCUT2D eigenvalue weighted by Gasteiger charge is 2.31. The lowest BCUT2D eigenvalue weighted by atomic mass is 10.1. The van der Waals surface area contributed by atoms with Crippen molar-refractivity contribution in [3.8, 4) is 0 Å². The van der Waals surface area contributed by atoms with Gasteiger partial charge in [0.15, 0.2) is 0 Å². The van der Waals surface area contributed by atoms with Gasteiger partial charge in [0.1, 0.15) is 4.32 Å². The summed E-state index contributed by atoms with van der Waals surface area (Å²) in [4.78, 5) is 14.9. The molecule has 1 saturated heterocycles. The molecule has 0 atom stereocenters. The van der Waals surface area contributed by atoms with Crippen molar-refractivity contribution in [1.82, 2.24) is 14.7 Å². The maximum atomic E-state index is 12.5. The highest BCUT2D eigenvalue weighted by atomic mass is 32.2. The zero-order valence-corrected chi connectivity index (χ0v) is 14.4. The molecule has 1 aliphatic heterocycles. The van der Waals surface area contributed by atoms with Gasteiger partial charge in [0.2, 0.25) is 0 Å². The van der Waals surface area contributed by atoms with E-state index in [1.54, 1.807) is 11.1 Å². The topological polar surface area (TPSA) is 38.1 Å². The highest BCUT2D eigenvalue weighted by molar-refractivity contribution is 8.26. The minimum Gasteiger partial charge on any atom is -0.293 e. The van der Waals surface area contributed by atoms with Gasteiger partial charge >= 0.3 is 0 Å².